The zero-order valence-corrected chi connectivity index (χ0v) is 16.5. The Balaban J connectivity index is 2.20. The van der Waals surface area contributed by atoms with Crippen molar-refractivity contribution in [3.05, 3.63) is 28.8 Å². The average molecular weight is 429 g/mol. The molecule has 6 nitrogen and oxygen atoms in total. The number of benzene rings is 1. The van der Waals surface area contributed by atoms with Crippen LogP contribution < -0.4 is 0 Å². The Kier molecular flexibility index (Phi) is 6.45. The summed E-state index contributed by atoms with van der Waals surface area (Å²) < 4.78 is 70.4. The molecule has 1 amide bonds. The zero-order valence-electron chi connectivity index (χ0n) is 15.0. The lowest BCUT2D eigenvalue weighted by molar-refractivity contribution is -0.143. The highest BCUT2D eigenvalue weighted by atomic mass is 35.5. The van der Waals surface area contributed by atoms with Crippen LogP contribution in [0.25, 0.3) is 0 Å². The molecule has 0 bridgehead atoms. The molecule has 1 fully saturated rings. The van der Waals surface area contributed by atoms with Gasteiger partial charge in [-0.15, -0.1) is 0 Å². The van der Waals surface area contributed by atoms with Crippen LogP contribution in [0.5, 0.6) is 0 Å². The van der Waals surface area contributed by atoms with Gasteiger partial charge in [-0.1, -0.05) is 11.6 Å². The van der Waals surface area contributed by atoms with Gasteiger partial charge < -0.3 is 9.64 Å². The maximum absolute atomic E-state index is 13.0. The average Bonchev–Trinajstić information content (AvgIpc) is 2.52. The number of carbonyl (C=O) groups excluding carboxylic acids is 1. The number of morpholine rings is 1. The Bertz CT molecular complexity index is 806. The van der Waals surface area contributed by atoms with Gasteiger partial charge >= 0.3 is 6.18 Å². The Morgan fingerprint density at radius 2 is 1.85 bits per heavy atom. The summed E-state index contributed by atoms with van der Waals surface area (Å²) in [6, 6.07) is 2.32. The highest BCUT2D eigenvalue weighted by Crippen LogP contribution is 2.36. The van der Waals surface area contributed by atoms with Crippen LogP contribution in [0.4, 0.5) is 13.2 Å². The molecule has 11 heteroatoms. The molecule has 27 heavy (non-hydrogen) atoms. The van der Waals surface area contributed by atoms with Crippen LogP contribution in [-0.4, -0.2) is 62.4 Å². The Morgan fingerprint density at radius 3 is 2.37 bits per heavy atom. The summed E-state index contributed by atoms with van der Waals surface area (Å²) in [7, 11) is -3.16. The lowest BCUT2D eigenvalue weighted by Crippen LogP contribution is -2.51. The number of halogens is 4. The van der Waals surface area contributed by atoms with Crippen molar-refractivity contribution in [3.8, 4) is 0 Å². The predicted molar refractivity (Wildman–Crippen MR) is 92.9 cm³/mol. The van der Waals surface area contributed by atoms with E-state index in [-0.39, 0.29) is 12.2 Å². The number of hydrogen-bond donors (Lipinski definition) is 0. The quantitative estimate of drug-likeness (QED) is 0.739. The summed E-state index contributed by atoms with van der Waals surface area (Å²) >= 11 is 5.52. The summed E-state index contributed by atoms with van der Waals surface area (Å²) in [6.45, 7) is 3.73. The third kappa shape index (κ3) is 5.13. The largest absolute Gasteiger partial charge is 0.417 e. The number of sulfonamides is 1. The van der Waals surface area contributed by atoms with Crippen LogP contribution in [0.15, 0.2) is 23.1 Å². The Morgan fingerprint density at radius 1 is 1.30 bits per heavy atom. The normalized spacial score (nSPS) is 21.6. The van der Waals surface area contributed by atoms with E-state index in [1.807, 2.05) is 0 Å². The van der Waals surface area contributed by atoms with E-state index in [0.29, 0.717) is 19.2 Å². The molecule has 2 unspecified atom stereocenters. The van der Waals surface area contributed by atoms with Crippen LogP contribution in [0.1, 0.15) is 19.4 Å². The van der Waals surface area contributed by atoms with Crippen LogP contribution in [0.2, 0.25) is 5.02 Å². The number of nitrogens with zero attached hydrogens (tertiary/aromatic N) is 2. The first-order chi connectivity index (χ1) is 12.3. The first kappa shape index (κ1) is 21.9. The van der Waals surface area contributed by atoms with Crippen molar-refractivity contribution >= 4 is 27.5 Å². The van der Waals surface area contributed by atoms with E-state index in [4.69, 9.17) is 16.3 Å². The van der Waals surface area contributed by atoms with Crippen LogP contribution in [-0.2, 0) is 25.7 Å². The third-order valence-corrected chi connectivity index (χ3v) is 6.21. The maximum Gasteiger partial charge on any atom is 0.417 e. The highest BCUT2D eigenvalue weighted by Gasteiger charge is 2.36. The lowest BCUT2D eigenvalue weighted by Gasteiger charge is -2.36. The van der Waals surface area contributed by atoms with Gasteiger partial charge in [0.15, 0.2) is 0 Å². The van der Waals surface area contributed by atoms with Crippen LogP contribution in [0.3, 0.4) is 0 Å². The fourth-order valence-electron chi connectivity index (χ4n) is 2.82. The standard InChI is InChI=1S/C16H20ClF3N2O4S/c1-10-7-22(8-11(2)26-10)15(23)9-21(3)27(24,25)12-4-5-14(17)13(6-12)16(18,19)20/h4-6,10-11H,7-9H2,1-3H3. The van der Waals surface area contributed by atoms with E-state index >= 15 is 0 Å². The molecule has 0 spiro atoms. The minimum Gasteiger partial charge on any atom is -0.372 e. The second kappa shape index (κ2) is 7.94. The number of ether oxygens (including phenoxy) is 1. The number of amides is 1. The molecule has 1 aliphatic heterocycles. The summed E-state index contributed by atoms with van der Waals surface area (Å²) in [6.07, 6.45) is -5.17. The first-order valence-corrected chi connectivity index (χ1v) is 9.90. The fraction of sp³-hybridized carbons (Fsp3) is 0.562. The van der Waals surface area contributed by atoms with Gasteiger partial charge in [0.05, 0.1) is 34.2 Å². The van der Waals surface area contributed by atoms with Crippen molar-refractivity contribution in [1.29, 1.82) is 0 Å². The maximum atomic E-state index is 13.0. The molecule has 0 saturated carbocycles. The Labute approximate surface area is 160 Å². The van der Waals surface area contributed by atoms with Gasteiger partial charge in [0.2, 0.25) is 15.9 Å². The molecule has 0 N–H and O–H groups in total. The molecule has 0 aromatic heterocycles. The zero-order chi connectivity index (χ0) is 20.6. The summed E-state index contributed by atoms with van der Waals surface area (Å²) in [5.41, 5.74) is -1.25. The number of alkyl halides is 3. The molecular weight excluding hydrogens is 409 g/mol. The van der Waals surface area contributed by atoms with Gasteiger partial charge in [-0.05, 0) is 32.0 Å². The van der Waals surface area contributed by atoms with Gasteiger partial charge in [-0.25, -0.2) is 8.42 Å². The van der Waals surface area contributed by atoms with Crippen molar-refractivity contribution < 1.29 is 31.1 Å². The van der Waals surface area contributed by atoms with E-state index < -0.39 is 44.1 Å². The van der Waals surface area contributed by atoms with Crippen LogP contribution >= 0.6 is 11.6 Å². The predicted octanol–water partition coefficient (Wildman–Crippen LogP) is 2.62. The molecule has 1 saturated heterocycles. The number of rotatable bonds is 4. The smallest absolute Gasteiger partial charge is 0.372 e. The molecule has 2 atom stereocenters. The van der Waals surface area contributed by atoms with Gasteiger partial charge in [0, 0.05) is 20.1 Å². The summed E-state index contributed by atoms with van der Waals surface area (Å²) in [5.74, 6) is -0.451. The fourth-order valence-corrected chi connectivity index (χ4v) is 4.19. The van der Waals surface area contributed by atoms with Crippen molar-refractivity contribution in [2.75, 3.05) is 26.7 Å². The lowest BCUT2D eigenvalue weighted by atomic mass is 10.2. The molecule has 0 radical (unpaired) electrons. The van der Waals surface area contributed by atoms with E-state index in [2.05, 4.69) is 0 Å². The summed E-state index contributed by atoms with van der Waals surface area (Å²) in [5, 5.41) is -0.600. The minimum atomic E-state index is -4.79. The second-order valence-electron chi connectivity index (χ2n) is 6.46. The number of likely N-dealkylation sites (N-methyl/N-ethyl adjacent to an activating group) is 1. The Hall–Kier alpha value is -1.36. The molecule has 152 valence electrons. The summed E-state index contributed by atoms with van der Waals surface area (Å²) in [4.78, 5) is 13.3. The van der Waals surface area contributed by atoms with E-state index in [0.717, 1.165) is 23.5 Å². The molecule has 1 heterocycles. The topological polar surface area (TPSA) is 66.9 Å². The molecule has 1 aliphatic rings. The third-order valence-electron chi connectivity index (χ3n) is 4.08. The SMILES string of the molecule is CC1CN(C(=O)CN(C)S(=O)(=O)c2ccc(Cl)c(C(F)(F)F)c2)CC(C)O1. The molecule has 2 rings (SSSR count). The molecule has 1 aromatic rings. The van der Waals surface area contributed by atoms with E-state index in [1.165, 1.54) is 4.90 Å². The van der Waals surface area contributed by atoms with Gasteiger partial charge in [0.1, 0.15) is 0 Å². The van der Waals surface area contributed by atoms with Crippen molar-refractivity contribution in [2.24, 2.45) is 0 Å². The highest BCUT2D eigenvalue weighted by molar-refractivity contribution is 7.89. The number of carbonyl (C=O) groups is 1. The molecule has 0 aliphatic carbocycles. The first-order valence-electron chi connectivity index (χ1n) is 8.08. The van der Waals surface area contributed by atoms with E-state index in [9.17, 15) is 26.4 Å². The molecule has 1 aromatic carbocycles. The van der Waals surface area contributed by atoms with Gasteiger partial charge in [0.25, 0.3) is 0 Å². The van der Waals surface area contributed by atoms with Gasteiger partial charge in [-0.2, -0.15) is 17.5 Å². The van der Waals surface area contributed by atoms with Crippen molar-refractivity contribution in [2.45, 2.75) is 37.1 Å². The van der Waals surface area contributed by atoms with Gasteiger partial charge in [-0.3, -0.25) is 4.79 Å². The van der Waals surface area contributed by atoms with E-state index in [1.54, 1.807) is 13.8 Å². The second-order valence-corrected chi connectivity index (χ2v) is 8.91. The van der Waals surface area contributed by atoms with Crippen molar-refractivity contribution in [3.63, 3.8) is 0 Å². The monoisotopic (exact) mass is 428 g/mol. The molecular formula is C16H20ClF3N2O4S. The van der Waals surface area contributed by atoms with Crippen molar-refractivity contribution in [1.82, 2.24) is 9.21 Å². The number of hydrogen-bond acceptors (Lipinski definition) is 4. The minimum absolute atomic E-state index is 0.190. The van der Waals surface area contributed by atoms with Crippen LogP contribution in [0, 0.1) is 0 Å².